The van der Waals surface area contributed by atoms with Crippen molar-refractivity contribution in [3.63, 3.8) is 0 Å². The summed E-state index contributed by atoms with van der Waals surface area (Å²) in [6, 6.07) is 32.3. The van der Waals surface area contributed by atoms with E-state index in [9.17, 15) is 9.59 Å². The average molecular weight is 736 g/mol. The highest BCUT2D eigenvalue weighted by Crippen LogP contribution is 2.37. The Kier molecular flexibility index (Phi) is 9.21. The first-order valence-electron chi connectivity index (χ1n) is 15.5. The molecule has 2 aromatic heterocycles. The van der Waals surface area contributed by atoms with Gasteiger partial charge in [0.1, 0.15) is 0 Å². The molecule has 2 N–H and O–H groups in total. The number of benzene rings is 5. The molecule has 0 aliphatic heterocycles. The second-order valence-electron chi connectivity index (χ2n) is 11.7. The third-order valence-corrected chi connectivity index (χ3v) is 9.59. The van der Waals surface area contributed by atoms with Crippen LogP contribution >= 0.6 is 46.4 Å². The van der Waals surface area contributed by atoms with Crippen molar-refractivity contribution in [3.8, 4) is 22.5 Å². The molecule has 7 rings (SSSR count). The molecule has 5 aromatic carbocycles. The fourth-order valence-electron chi connectivity index (χ4n) is 6.11. The minimum atomic E-state index is -0.309. The maximum Gasteiger partial charge on any atom is 0.256 e. The van der Waals surface area contributed by atoms with Gasteiger partial charge in [-0.2, -0.15) is 0 Å². The van der Waals surface area contributed by atoms with Crippen molar-refractivity contribution in [2.75, 3.05) is 10.6 Å². The molecule has 50 heavy (non-hydrogen) atoms. The fraction of sp³-hybridized carbons (Fsp3) is 0.0500. The highest BCUT2D eigenvalue weighted by Gasteiger charge is 2.22. The molecule has 0 saturated carbocycles. The minimum Gasteiger partial charge on any atom is -0.322 e. The number of carbonyl (C=O) groups excluding carboxylic acids is 2. The maximum absolute atomic E-state index is 13.9. The van der Waals surface area contributed by atoms with E-state index < -0.39 is 0 Å². The number of fused-ring (bicyclic) bond motifs is 2. The summed E-state index contributed by atoms with van der Waals surface area (Å²) in [7, 11) is 0. The van der Waals surface area contributed by atoms with Gasteiger partial charge >= 0.3 is 0 Å². The van der Waals surface area contributed by atoms with Crippen molar-refractivity contribution in [1.29, 1.82) is 0 Å². The first-order chi connectivity index (χ1) is 24.1. The lowest BCUT2D eigenvalue weighted by atomic mass is 9.97. The van der Waals surface area contributed by atoms with Gasteiger partial charge in [0.25, 0.3) is 11.8 Å². The molecule has 246 valence electrons. The van der Waals surface area contributed by atoms with Crippen LogP contribution in [0.2, 0.25) is 20.1 Å². The van der Waals surface area contributed by atoms with E-state index in [4.69, 9.17) is 56.4 Å². The number of nitrogens with zero attached hydrogens (tertiary/aromatic N) is 2. The predicted octanol–water partition coefficient (Wildman–Crippen LogP) is 11.9. The van der Waals surface area contributed by atoms with Crippen molar-refractivity contribution >= 4 is 91.4 Å². The lowest BCUT2D eigenvalue weighted by molar-refractivity contribution is 0.101. The molecule has 6 nitrogen and oxygen atoms in total. The van der Waals surface area contributed by atoms with Crippen LogP contribution in [0, 0.1) is 13.8 Å². The SMILES string of the molecule is Cc1c(-c2ccc(Cl)cc2Cl)nc2ccccc2c1C(=O)Nc1ccc(NC(=O)c2c(C)c(-c3ccc(Cl)cc3Cl)nc3ccccc23)cc1. The standard InChI is InChI=1S/C40H26Cl4N4O2/c1-21-35(29-7-3-5-9-33(29)47-37(21)27-17-11-23(41)19-31(27)43)39(49)45-25-13-15-26(16-14-25)46-40(50)36-22(2)38(28-18-12-24(42)20-32(28)44)48-34-10-6-4-8-30(34)36/h3-20H,1-2H3,(H,45,49)(H,46,50). The topological polar surface area (TPSA) is 84.0 Å². The highest BCUT2D eigenvalue weighted by atomic mass is 35.5. The minimum absolute atomic E-state index is 0.309. The Labute approximate surface area is 308 Å². The number of carbonyl (C=O) groups is 2. The second-order valence-corrected chi connectivity index (χ2v) is 13.4. The van der Waals surface area contributed by atoms with Crippen LogP contribution in [0.1, 0.15) is 31.8 Å². The van der Waals surface area contributed by atoms with Gasteiger partial charge in [-0.1, -0.05) is 82.8 Å². The molecule has 0 atom stereocenters. The molecule has 0 radical (unpaired) electrons. The molecule has 0 fully saturated rings. The zero-order chi connectivity index (χ0) is 35.1. The van der Waals surface area contributed by atoms with Gasteiger partial charge < -0.3 is 10.6 Å². The van der Waals surface area contributed by atoms with Gasteiger partial charge in [0.2, 0.25) is 0 Å². The Hall–Kier alpha value is -4.98. The lowest BCUT2D eigenvalue weighted by Gasteiger charge is -2.16. The van der Waals surface area contributed by atoms with Gasteiger partial charge in [-0.3, -0.25) is 9.59 Å². The monoisotopic (exact) mass is 734 g/mol. The zero-order valence-electron chi connectivity index (χ0n) is 26.6. The highest BCUT2D eigenvalue weighted by molar-refractivity contribution is 6.37. The van der Waals surface area contributed by atoms with E-state index in [1.54, 1.807) is 60.7 Å². The number of halogens is 4. The first kappa shape index (κ1) is 33.5. The van der Waals surface area contributed by atoms with Crippen LogP contribution in [0.3, 0.4) is 0 Å². The Balaban J connectivity index is 1.18. The van der Waals surface area contributed by atoms with Gasteiger partial charge in [-0.15, -0.1) is 0 Å². The average Bonchev–Trinajstić information content (AvgIpc) is 3.09. The van der Waals surface area contributed by atoms with Crippen molar-refractivity contribution in [2.24, 2.45) is 0 Å². The van der Waals surface area contributed by atoms with E-state index in [0.717, 1.165) is 0 Å². The normalized spacial score (nSPS) is 11.2. The van der Waals surface area contributed by atoms with Gasteiger partial charge in [-0.05, 0) is 97.8 Å². The third kappa shape index (κ3) is 6.39. The molecule has 7 aromatic rings. The van der Waals surface area contributed by atoms with Crippen LogP contribution < -0.4 is 10.6 Å². The summed E-state index contributed by atoms with van der Waals surface area (Å²) in [5, 5.41) is 9.32. The molecule has 2 heterocycles. The quantitative estimate of drug-likeness (QED) is 0.178. The van der Waals surface area contributed by atoms with Crippen molar-refractivity contribution in [3.05, 3.63) is 152 Å². The Morgan fingerprint density at radius 3 is 1.28 bits per heavy atom. The van der Waals surface area contributed by atoms with E-state index in [0.29, 0.717) is 98.0 Å². The number of amides is 2. The number of rotatable bonds is 6. The number of pyridine rings is 2. The van der Waals surface area contributed by atoms with Crippen LogP contribution in [0.5, 0.6) is 0 Å². The Morgan fingerprint density at radius 2 is 0.900 bits per heavy atom. The number of aromatic nitrogens is 2. The summed E-state index contributed by atoms with van der Waals surface area (Å²) in [5.74, 6) is -0.618. The van der Waals surface area contributed by atoms with E-state index in [-0.39, 0.29) is 11.8 Å². The molecule has 0 unspecified atom stereocenters. The van der Waals surface area contributed by atoms with Gasteiger partial charge in [-0.25, -0.2) is 9.97 Å². The van der Waals surface area contributed by atoms with Crippen LogP contribution in [0.15, 0.2) is 109 Å². The van der Waals surface area contributed by atoms with E-state index in [1.165, 1.54) is 0 Å². The molecular weight excluding hydrogens is 710 g/mol. The van der Waals surface area contributed by atoms with Gasteiger partial charge in [0, 0.05) is 43.3 Å². The second kappa shape index (κ2) is 13.7. The molecule has 0 aliphatic carbocycles. The van der Waals surface area contributed by atoms with E-state index in [1.807, 2.05) is 62.4 Å². The fourth-order valence-corrected chi connectivity index (χ4v) is 7.11. The maximum atomic E-state index is 13.9. The predicted molar refractivity (Wildman–Crippen MR) is 206 cm³/mol. The molecule has 0 spiro atoms. The number of nitrogens with one attached hydrogen (secondary N) is 2. The van der Waals surface area contributed by atoms with Crippen LogP contribution in [0.25, 0.3) is 44.3 Å². The number of anilines is 2. The van der Waals surface area contributed by atoms with Crippen LogP contribution in [-0.4, -0.2) is 21.8 Å². The summed E-state index contributed by atoms with van der Waals surface area (Å²) in [4.78, 5) is 37.5. The van der Waals surface area contributed by atoms with Crippen molar-refractivity contribution < 1.29 is 9.59 Å². The van der Waals surface area contributed by atoms with E-state index in [2.05, 4.69) is 10.6 Å². The summed E-state index contributed by atoms with van der Waals surface area (Å²) >= 11 is 25.4. The third-order valence-electron chi connectivity index (χ3n) is 8.50. The Morgan fingerprint density at radius 1 is 0.520 bits per heavy atom. The largest absolute Gasteiger partial charge is 0.322 e. The number of hydrogen-bond acceptors (Lipinski definition) is 4. The molecule has 10 heteroatoms. The van der Waals surface area contributed by atoms with Gasteiger partial charge in [0.15, 0.2) is 0 Å². The zero-order valence-corrected chi connectivity index (χ0v) is 29.6. The molecule has 0 saturated heterocycles. The molecule has 0 aliphatic rings. The Bertz CT molecular complexity index is 2330. The molecule has 0 bridgehead atoms. The lowest BCUT2D eigenvalue weighted by Crippen LogP contribution is -2.16. The van der Waals surface area contributed by atoms with Crippen molar-refractivity contribution in [1.82, 2.24) is 9.97 Å². The summed E-state index contributed by atoms with van der Waals surface area (Å²) in [5.41, 5.74) is 7.24. The van der Waals surface area contributed by atoms with Crippen LogP contribution in [0.4, 0.5) is 11.4 Å². The number of para-hydroxylation sites is 2. The first-order valence-corrected chi connectivity index (χ1v) is 17.0. The van der Waals surface area contributed by atoms with Gasteiger partial charge in [0.05, 0.1) is 43.6 Å². The van der Waals surface area contributed by atoms with Crippen LogP contribution in [-0.2, 0) is 0 Å². The van der Waals surface area contributed by atoms with Crippen molar-refractivity contribution in [2.45, 2.75) is 13.8 Å². The summed E-state index contributed by atoms with van der Waals surface area (Å²) in [6.07, 6.45) is 0. The summed E-state index contributed by atoms with van der Waals surface area (Å²) in [6.45, 7) is 3.70. The number of hydrogen-bond donors (Lipinski definition) is 2. The smallest absolute Gasteiger partial charge is 0.256 e. The van der Waals surface area contributed by atoms with E-state index >= 15 is 0 Å². The molecule has 2 amide bonds. The summed E-state index contributed by atoms with van der Waals surface area (Å²) < 4.78 is 0. The molecular formula is C40H26Cl4N4O2.